The second-order valence-corrected chi connectivity index (χ2v) is 6.21. The lowest BCUT2D eigenvalue weighted by Gasteiger charge is -2.12. The van der Waals surface area contributed by atoms with Crippen LogP contribution in [0.2, 0.25) is 0 Å². The average Bonchev–Trinajstić information content (AvgIpc) is 2.49. The minimum absolute atomic E-state index is 0.319. The van der Waals surface area contributed by atoms with Gasteiger partial charge in [-0.15, -0.1) is 0 Å². The van der Waals surface area contributed by atoms with Gasteiger partial charge in [0.1, 0.15) is 11.6 Å². The molecular formula is C15H16Br2FN3. The highest BCUT2D eigenvalue weighted by atomic mass is 79.9. The Labute approximate surface area is 140 Å². The molecule has 1 N–H and O–H groups in total. The van der Waals surface area contributed by atoms with Crippen LogP contribution in [-0.4, -0.2) is 16.5 Å². The number of benzene rings is 1. The fourth-order valence-corrected chi connectivity index (χ4v) is 2.70. The number of aryl methyl sites for hydroxylation is 1. The van der Waals surface area contributed by atoms with E-state index in [0.717, 1.165) is 35.4 Å². The summed E-state index contributed by atoms with van der Waals surface area (Å²) in [6, 6.07) is 4.91. The van der Waals surface area contributed by atoms with E-state index in [0.29, 0.717) is 15.9 Å². The first-order valence-corrected chi connectivity index (χ1v) is 8.41. The Morgan fingerprint density at radius 1 is 1.19 bits per heavy atom. The van der Waals surface area contributed by atoms with Crippen molar-refractivity contribution in [2.75, 3.05) is 11.9 Å². The van der Waals surface area contributed by atoms with Crippen molar-refractivity contribution in [3.05, 3.63) is 38.7 Å². The van der Waals surface area contributed by atoms with Gasteiger partial charge in [-0.05, 0) is 62.9 Å². The Morgan fingerprint density at radius 2 is 1.95 bits per heavy atom. The summed E-state index contributed by atoms with van der Waals surface area (Å²) in [4.78, 5) is 9.03. The molecular weight excluding hydrogens is 401 g/mol. The van der Waals surface area contributed by atoms with Crippen molar-refractivity contribution >= 4 is 37.7 Å². The van der Waals surface area contributed by atoms with Gasteiger partial charge in [-0.1, -0.05) is 13.8 Å². The van der Waals surface area contributed by atoms with Gasteiger partial charge in [-0.3, -0.25) is 0 Å². The number of nitrogens with one attached hydrogen (secondary N) is 1. The second kappa shape index (κ2) is 7.31. The van der Waals surface area contributed by atoms with E-state index in [4.69, 9.17) is 0 Å². The minimum Gasteiger partial charge on any atom is -0.369 e. The molecule has 0 aliphatic heterocycles. The number of anilines is 1. The fraction of sp³-hybridized carbons (Fsp3) is 0.333. The van der Waals surface area contributed by atoms with Crippen LogP contribution in [-0.2, 0) is 6.42 Å². The lowest BCUT2D eigenvalue weighted by molar-refractivity contribution is 0.621. The zero-order valence-corrected chi connectivity index (χ0v) is 15.1. The van der Waals surface area contributed by atoms with E-state index >= 15 is 0 Å². The molecule has 0 atom stereocenters. The van der Waals surface area contributed by atoms with Crippen LogP contribution < -0.4 is 5.32 Å². The average molecular weight is 417 g/mol. The minimum atomic E-state index is -0.319. The molecule has 2 rings (SSSR count). The second-order valence-electron chi connectivity index (χ2n) is 4.57. The molecule has 2 aromatic rings. The van der Waals surface area contributed by atoms with E-state index < -0.39 is 0 Å². The molecule has 3 nitrogen and oxygen atoms in total. The van der Waals surface area contributed by atoms with Crippen LogP contribution in [0, 0.1) is 5.82 Å². The Kier molecular flexibility index (Phi) is 5.70. The van der Waals surface area contributed by atoms with Crippen molar-refractivity contribution in [1.82, 2.24) is 9.97 Å². The lowest BCUT2D eigenvalue weighted by atomic mass is 10.2. The summed E-state index contributed by atoms with van der Waals surface area (Å²) in [5.41, 5.74) is 1.57. The molecule has 0 spiro atoms. The summed E-state index contributed by atoms with van der Waals surface area (Å²) in [5.74, 6) is 0.960. The molecule has 0 unspecified atom stereocenters. The van der Waals surface area contributed by atoms with Gasteiger partial charge >= 0.3 is 0 Å². The van der Waals surface area contributed by atoms with E-state index in [1.165, 1.54) is 6.07 Å². The van der Waals surface area contributed by atoms with E-state index in [1.807, 2.05) is 6.92 Å². The molecule has 0 saturated heterocycles. The predicted molar refractivity (Wildman–Crippen MR) is 91.0 cm³/mol. The van der Waals surface area contributed by atoms with Gasteiger partial charge in [-0.25, -0.2) is 14.4 Å². The first-order chi connectivity index (χ1) is 10.1. The third-order valence-corrected chi connectivity index (χ3v) is 4.45. The standard InChI is InChI=1S/C15H16Br2FN3/c1-3-7-19-15-13(17)12(4-2)20-14(21-15)9-5-6-10(16)11(18)8-9/h5-6,8H,3-4,7H2,1-2H3,(H,19,20,21). The van der Waals surface area contributed by atoms with E-state index in [2.05, 4.69) is 54.1 Å². The summed E-state index contributed by atoms with van der Waals surface area (Å²) >= 11 is 6.69. The monoisotopic (exact) mass is 415 g/mol. The summed E-state index contributed by atoms with van der Waals surface area (Å²) in [7, 11) is 0. The van der Waals surface area contributed by atoms with Gasteiger partial charge in [0.2, 0.25) is 0 Å². The van der Waals surface area contributed by atoms with Gasteiger partial charge < -0.3 is 5.32 Å². The summed E-state index contributed by atoms with van der Waals surface area (Å²) < 4.78 is 15.0. The van der Waals surface area contributed by atoms with E-state index in [1.54, 1.807) is 12.1 Å². The fourth-order valence-electron chi connectivity index (χ4n) is 1.85. The molecule has 1 aromatic carbocycles. The van der Waals surface area contributed by atoms with E-state index in [-0.39, 0.29) is 5.82 Å². The molecule has 0 saturated carbocycles. The van der Waals surface area contributed by atoms with Gasteiger partial charge in [0.25, 0.3) is 0 Å². The van der Waals surface area contributed by atoms with Gasteiger partial charge in [-0.2, -0.15) is 0 Å². The maximum absolute atomic E-state index is 13.7. The van der Waals surface area contributed by atoms with Gasteiger partial charge in [0.05, 0.1) is 14.6 Å². The zero-order valence-electron chi connectivity index (χ0n) is 11.9. The highest BCUT2D eigenvalue weighted by Gasteiger charge is 2.13. The normalized spacial score (nSPS) is 10.7. The summed E-state index contributed by atoms with van der Waals surface area (Å²) in [5, 5.41) is 3.27. The van der Waals surface area contributed by atoms with Crippen molar-refractivity contribution < 1.29 is 4.39 Å². The predicted octanol–water partition coefficient (Wildman–Crippen LogP) is 5.19. The summed E-state index contributed by atoms with van der Waals surface area (Å²) in [6.45, 7) is 4.95. The molecule has 0 bridgehead atoms. The van der Waals surface area contributed by atoms with Crippen molar-refractivity contribution in [2.24, 2.45) is 0 Å². The highest BCUT2D eigenvalue weighted by Crippen LogP contribution is 2.29. The summed E-state index contributed by atoms with van der Waals surface area (Å²) in [6.07, 6.45) is 1.77. The molecule has 112 valence electrons. The smallest absolute Gasteiger partial charge is 0.161 e. The molecule has 6 heteroatoms. The van der Waals surface area contributed by atoms with Gasteiger partial charge in [0, 0.05) is 12.1 Å². The Morgan fingerprint density at radius 3 is 2.57 bits per heavy atom. The van der Waals surface area contributed by atoms with Crippen LogP contribution in [0.3, 0.4) is 0 Å². The van der Waals surface area contributed by atoms with Crippen molar-refractivity contribution in [1.29, 1.82) is 0 Å². The van der Waals surface area contributed by atoms with Crippen molar-refractivity contribution in [2.45, 2.75) is 26.7 Å². The Bertz CT molecular complexity index is 647. The van der Waals surface area contributed by atoms with Crippen LogP contribution in [0.5, 0.6) is 0 Å². The van der Waals surface area contributed by atoms with Crippen LogP contribution in [0.4, 0.5) is 10.2 Å². The Hall–Kier alpha value is -1.01. The number of hydrogen-bond donors (Lipinski definition) is 1. The van der Waals surface area contributed by atoms with Crippen LogP contribution in [0.1, 0.15) is 26.0 Å². The third-order valence-electron chi connectivity index (χ3n) is 2.97. The third kappa shape index (κ3) is 3.80. The lowest BCUT2D eigenvalue weighted by Crippen LogP contribution is -2.07. The maximum atomic E-state index is 13.7. The molecule has 0 fully saturated rings. The van der Waals surface area contributed by atoms with Crippen molar-refractivity contribution in [3.63, 3.8) is 0 Å². The molecule has 0 aliphatic rings. The quantitative estimate of drug-likeness (QED) is 0.728. The molecule has 0 amide bonds. The molecule has 21 heavy (non-hydrogen) atoms. The molecule has 0 aliphatic carbocycles. The Balaban J connectivity index is 2.49. The molecule has 0 radical (unpaired) electrons. The van der Waals surface area contributed by atoms with Crippen LogP contribution in [0.25, 0.3) is 11.4 Å². The van der Waals surface area contributed by atoms with Crippen LogP contribution in [0.15, 0.2) is 27.1 Å². The maximum Gasteiger partial charge on any atom is 0.161 e. The first-order valence-electron chi connectivity index (χ1n) is 6.82. The van der Waals surface area contributed by atoms with Crippen LogP contribution >= 0.6 is 31.9 Å². The largest absolute Gasteiger partial charge is 0.369 e. The van der Waals surface area contributed by atoms with E-state index in [9.17, 15) is 4.39 Å². The topological polar surface area (TPSA) is 37.8 Å². The number of rotatable bonds is 5. The highest BCUT2D eigenvalue weighted by molar-refractivity contribution is 9.11. The number of halogens is 3. The van der Waals surface area contributed by atoms with Crippen molar-refractivity contribution in [3.8, 4) is 11.4 Å². The van der Waals surface area contributed by atoms with Gasteiger partial charge in [0.15, 0.2) is 5.82 Å². The number of nitrogens with zero attached hydrogens (tertiary/aromatic N) is 2. The molecule has 1 aromatic heterocycles. The zero-order chi connectivity index (χ0) is 15.4. The SMILES string of the molecule is CCCNc1nc(-c2ccc(Br)c(F)c2)nc(CC)c1Br. The first kappa shape index (κ1) is 16.4. The molecule has 1 heterocycles. The number of aromatic nitrogens is 2. The number of hydrogen-bond acceptors (Lipinski definition) is 3.